The number of nitrogens with one attached hydrogen (secondary N) is 2. The van der Waals surface area contributed by atoms with Gasteiger partial charge in [0, 0.05) is 25.2 Å². The van der Waals surface area contributed by atoms with Gasteiger partial charge < -0.3 is 15.5 Å². The summed E-state index contributed by atoms with van der Waals surface area (Å²) in [5.41, 5.74) is 2.17. The SMILES string of the molecule is CCCc1ccc(N2CC(C(=O)NCCCNC)CC2=O)cc1.Cl. The van der Waals surface area contributed by atoms with Gasteiger partial charge >= 0.3 is 0 Å². The van der Waals surface area contributed by atoms with E-state index in [0.717, 1.165) is 31.5 Å². The second kappa shape index (κ2) is 10.3. The summed E-state index contributed by atoms with van der Waals surface area (Å²) in [6.07, 6.45) is 3.35. The van der Waals surface area contributed by atoms with Crippen LogP contribution in [0.3, 0.4) is 0 Å². The number of hydrogen-bond acceptors (Lipinski definition) is 3. The van der Waals surface area contributed by atoms with Crippen LogP contribution in [0.15, 0.2) is 24.3 Å². The van der Waals surface area contributed by atoms with Crippen LogP contribution in [0, 0.1) is 5.92 Å². The van der Waals surface area contributed by atoms with Crippen molar-refractivity contribution in [2.24, 2.45) is 5.92 Å². The van der Waals surface area contributed by atoms with Crippen LogP contribution in [-0.2, 0) is 16.0 Å². The molecule has 1 aromatic carbocycles. The van der Waals surface area contributed by atoms with Crippen LogP contribution >= 0.6 is 12.4 Å². The van der Waals surface area contributed by atoms with E-state index in [1.165, 1.54) is 5.56 Å². The standard InChI is InChI=1S/C18H27N3O2.ClH/c1-3-5-14-6-8-16(9-7-14)21-13-15(12-17(21)22)18(23)20-11-4-10-19-2;/h6-9,15,19H,3-5,10-13H2,1-2H3,(H,20,23);1H. The van der Waals surface area contributed by atoms with E-state index in [1.807, 2.05) is 19.2 Å². The van der Waals surface area contributed by atoms with Crippen molar-refractivity contribution in [3.05, 3.63) is 29.8 Å². The number of anilines is 1. The second-order valence-corrected chi connectivity index (χ2v) is 6.07. The van der Waals surface area contributed by atoms with E-state index in [9.17, 15) is 9.59 Å². The van der Waals surface area contributed by atoms with Gasteiger partial charge in [-0.1, -0.05) is 25.5 Å². The van der Waals surface area contributed by atoms with Gasteiger partial charge in [-0.05, 0) is 44.1 Å². The van der Waals surface area contributed by atoms with E-state index >= 15 is 0 Å². The zero-order chi connectivity index (χ0) is 16.7. The molecule has 2 amide bonds. The molecule has 1 aromatic rings. The normalized spacial score (nSPS) is 16.8. The summed E-state index contributed by atoms with van der Waals surface area (Å²) in [4.78, 5) is 26.1. The highest BCUT2D eigenvalue weighted by Gasteiger charge is 2.34. The highest BCUT2D eigenvalue weighted by Crippen LogP contribution is 2.25. The Morgan fingerprint density at radius 3 is 2.58 bits per heavy atom. The molecule has 134 valence electrons. The van der Waals surface area contributed by atoms with Gasteiger partial charge in [-0.2, -0.15) is 0 Å². The summed E-state index contributed by atoms with van der Waals surface area (Å²) in [6, 6.07) is 8.10. The van der Waals surface area contributed by atoms with E-state index < -0.39 is 0 Å². The van der Waals surface area contributed by atoms with Crippen LogP contribution in [0.5, 0.6) is 0 Å². The Kier molecular flexibility index (Phi) is 8.79. The summed E-state index contributed by atoms with van der Waals surface area (Å²) in [5.74, 6) is -0.226. The second-order valence-electron chi connectivity index (χ2n) is 6.07. The van der Waals surface area contributed by atoms with Crippen LogP contribution in [0.25, 0.3) is 0 Å². The van der Waals surface area contributed by atoms with Gasteiger partial charge in [-0.25, -0.2) is 0 Å². The lowest BCUT2D eigenvalue weighted by Gasteiger charge is -2.17. The van der Waals surface area contributed by atoms with Crippen LogP contribution in [0.4, 0.5) is 5.69 Å². The predicted octanol–water partition coefficient (Wildman–Crippen LogP) is 2.14. The van der Waals surface area contributed by atoms with Crippen LogP contribution in [0.2, 0.25) is 0 Å². The predicted molar refractivity (Wildman–Crippen MR) is 99.7 cm³/mol. The molecule has 1 aliphatic heterocycles. The smallest absolute Gasteiger partial charge is 0.227 e. The van der Waals surface area contributed by atoms with E-state index in [2.05, 4.69) is 29.7 Å². The Bertz CT molecular complexity index is 534. The number of carbonyl (C=O) groups is 2. The monoisotopic (exact) mass is 353 g/mol. The highest BCUT2D eigenvalue weighted by atomic mass is 35.5. The van der Waals surface area contributed by atoms with Crippen molar-refractivity contribution in [1.82, 2.24) is 10.6 Å². The molecular formula is C18H28ClN3O2. The van der Waals surface area contributed by atoms with Gasteiger partial charge in [0.25, 0.3) is 0 Å². The van der Waals surface area contributed by atoms with Crippen LogP contribution in [0.1, 0.15) is 31.7 Å². The van der Waals surface area contributed by atoms with E-state index in [-0.39, 0.29) is 30.1 Å². The highest BCUT2D eigenvalue weighted by molar-refractivity contribution is 6.00. The molecule has 0 saturated carbocycles. The molecular weight excluding hydrogens is 326 g/mol. The number of carbonyl (C=O) groups excluding carboxylic acids is 2. The number of halogens is 1. The average Bonchev–Trinajstić information content (AvgIpc) is 2.94. The van der Waals surface area contributed by atoms with Crippen molar-refractivity contribution in [3.63, 3.8) is 0 Å². The minimum Gasteiger partial charge on any atom is -0.356 e. The van der Waals surface area contributed by atoms with Gasteiger partial charge in [0.1, 0.15) is 0 Å². The molecule has 5 nitrogen and oxygen atoms in total. The first-order valence-corrected chi connectivity index (χ1v) is 8.47. The zero-order valence-electron chi connectivity index (χ0n) is 14.5. The van der Waals surface area contributed by atoms with E-state index in [4.69, 9.17) is 0 Å². The van der Waals surface area contributed by atoms with Gasteiger partial charge in [0.05, 0.1) is 5.92 Å². The number of rotatable bonds is 8. The molecule has 0 aliphatic carbocycles. The maximum absolute atomic E-state index is 12.2. The Morgan fingerprint density at radius 1 is 1.25 bits per heavy atom. The van der Waals surface area contributed by atoms with E-state index in [1.54, 1.807) is 4.90 Å². The quantitative estimate of drug-likeness (QED) is 0.704. The van der Waals surface area contributed by atoms with Crippen molar-refractivity contribution >= 4 is 29.9 Å². The zero-order valence-corrected chi connectivity index (χ0v) is 15.3. The molecule has 0 bridgehead atoms. The first-order chi connectivity index (χ1) is 11.2. The molecule has 0 radical (unpaired) electrons. The van der Waals surface area contributed by atoms with Crippen molar-refractivity contribution in [1.29, 1.82) is 0 Å². The third kappa shape index (κ3) is 5.49. The summed E-state index contributed by atoms with van der Waals surface area (Å²) < 4.78 is 0. The summed E-state index contributed by atoms with van der Waals surface area (Å²) in [7, 11) is 1.89. The largest absolute Gasteiger partial charge is 0.356 e. The fourth-order valence-corrected chi connectivity index (χ4v) is 2.89. The Morgan fingerprint density at radius 2 is 1.96 bits per heavy atom. The lowest BCUT2D eigenvalue weighted by Crippen LogP contribution is -2.34. The lowest BCUT2D eigenvalue weighted by molar-refractivity contribution is -0.126. The first kappa shape index (κ1) is 20.5. The van der Waals surface area contributed by atoms with Gasteiger partial charge in [0.15, 0.2) is 0 Å². The fraction of sp³-hybridized carbons (Fsp3) is 0.556. The Labute approximate surface area is 150 Å². The molecule has 2 rings (SSSR count). The molecule has 24 heavy (non-hydrogen) atoms. The molecule has 6 heteroatoms. The van der Waals surface area contributed by atoms with Crippen molar-refractivity contribution in [2.45, 2.75) is 32.6 Å². The number of nitrogens with zero attached hydrogens (tertiary/aromatic N) is 1. The van der Waals surface area contributed by atoms with Crippen LogP contribution < -0.4 is 15.5 Å². The molecule has 1 fully saturated rings. The van der Waals surface area contributed by atoms with Crippen molar-refractivity contribution in [2.75, 3.05) is 31.6 Å². The average molecular weight is 354 g/mol. The molecule has 1 heterocycles. The summed E-state index contributed by atoms with van der Waals surface area (Å²) >= 11 is 0. The maximum Gasteiger partial charge on any atom is 0.227 e. The third-order valence-corrected chi connectivity index (χ3v) is 4.19. The molecule has 2 N–H and O–H groups in total. The molecule has 0 aromatic heterocycles. The third-order valence-electron chi connectivity index (χ3n) is 4.19. The van der Waals surface area contributed by atoms with Gasteiger partial charge in [0.2, 0.25) is 11.8 Å². The number of amides is 2. The molecule has 1 saturated heterocycles. The topological polar surface area (TPSA) is 61.4 Å². The van der Waals surface area contributed by atoms with Gasteiger partial charge in [-0.3, -0.25) is 9.59 Å². The van der Waals surface area contributed by atoms with Crippen molar-refractivity contribution in [3.8, 4) is 0 Å². The minimum absolute atomic E-state index is 0. The van der Waals surface area contributed by atoms with Gasteiger partial charge in [-0.15, -0.1) is 12.4 Å². The van der Waals surface area contributed by atoms with Crippen LogP contribution in [-0.4, -0.2) is 38.5 Å². The molecule has 1 aliphatic rings. The fourth-order valence-electron chi connectivity index (χ4n) is 2.89. The maximum atomic E-state index is 12.2. The number of hydrogen-bond donors (Lipinski definition) is 2. The summed E-state index contributed by atoms with van der Waals surface area (Å²) in [6.45, 7) is 4.15. The molecule has 1 unspecified atom stereocenters. The number of benzene rings is 1. The molecule has 0 spiro atoms. The number of aryl methyl sites for hydroxylation is 1. The first-order valence-electron chi connectivity index (χ1n) is 8.47. The Hall–Kier alpha value is -1.59. The Balaban J connectivity index is 0.00000288. The lowest BCUT2D eigenvalue weighted by atomic mass is 10.1. The van der Waals surface area contributed by atoms with E-state index in [0.29, 0.717) is 19.5 Å². The molecule has 1 atom stereocenters. The van der Waals surface area contributed by atoms with Crippen molar-refractivity contribution < 1.29 is 9.59 Å². The minimum atomic E-state index is -0.243. The summed E-state index contributed by atoms with van der Waals surface area (Å²) in [5, 5.41) is 5.97.